The quantitative estimate of drug-likeness (QED) is 0.784. The largest absolute Gasteiger partial charge is 0.392 e. The SMILES string of the molecule is CC[C@@H]1CN(CC(=O)Nc2cc(C(C)C)no2)CCN1C[C@@H](C)O. The maximum atomic E-state index is 12.2. The van der Waals surface area contributed by atoms with E-state index in [4.69, 9.17) is 4.52 Å². The van der Waals surface area contributed by atoms with E-state index in [1.165, 1.54) is 0 Å². The molecule has 0 radical (unpaired) electrons. The molecule has 24 heavy (non-hydrogen) atoms. The normalized spacial score (nSPS) is 21.2. The average molecular weight is 338 g/mol. The molecule has 1 amide bonds. The molecule has 0 bridgehead atoms. The Labute approximate surface area is 144 Å². The van der Waals surface area contributed by atoms with E-state index in [9.17, 15) is 9.90 Å². The number of β-amino-alcohol motifs (C(OH)–C–C–N with tert-alkyl or cyclic N) is 1. The van der Waals surface area contributed by atoms with E-state index in [1.54, 1.807) is 6.07 Å². The molecule has 0 spiro atoms. The van der Waals surface area contributed by atoms with Gasteiger partial charge in [0, 0.05) is 38.3 Å². The highest BCUT2D eigenvalue weighted by Crippen LogP contribution is 2.18. The highest BCUT2D eigenvalue weighted by molar-refractivity contribution is 5.91. The third-order valence-electron chi connectivity index (χ3n) is 4.41. The van der Waals surface area contributed by atoms with Gasteiger partial charge in [0.1, 0.15) is 0 Å². The van der Waals surface area contributed by atoms with Crippen molar-refractivity contribution in [3.05, 3.63) is 11.8 Å². The number of anilines is 1. The highest BCUT2D eigenvalue weighted by atomic mass is 16.5. The van der Waals surface area contributed by atoms with Gasteiger partial charge in [-0.3, -0.25) is 19.9 Å². The number of piperazine rings is 1. The molecule has 1 aliphatic heterocycles. The van der Waals surface area contributed by atoms with E-state index < -0.39 is 0 Å². The summed E-state index contributed by atoms with van der Waals surface area (Å²) < 4.78 is 5.15. The Bertz CT molecular complexity index is 530. The summed E-state index contributed by atoms with van der Waals surface area (Å²) in [6.07, 6.45) is 0.681. The molecule has 2 atom stereocenters. The first-order chi connectivity index (χ1) is 11.4. The van der Waals surface area contributed by atoms with Crippen molar-refractivity contribution in [1.82, 2.24) is 15.0 Å². The van der Waals surface area contributed by atoms with Crippen molar-refractivity contribution in [1.29, 1.82) is 0 Å². The molecule has 0 unspecified atom stereocenters. The first-order valence-electron chi connectivity index (χ1n) is 8.80. The molecule has 1 fully saturated rings. The second-order valence-electron chi connectivity index (χ2n) is 6.96. The van der Waals surface area contributed by atoms with Crippen LogP contribution in [-0.4, -0.2) is 70.8 Å². The predicted molar refractivity (Wildman–Crippen MR) is 93.0 cm³/mol. The van der Waals surface area contributed by atoms with Crippen molar-refractivity contribution in [3.8, 4) is 0 Å². The molecule has 2 N–H and O–H groups in total. The number of hydrogen-bond donors (Lipinski definition) is 2. The Morgan fingerprint density at radius 2 is 2.21 bits per heavy atom. The van der Waals surface area contributed by atoms with E-state index in [0.717, 1.165) is 31.7 Å². The maximum Gasteiger partial charge on any atom is 0.240 e. The van der Waals surface area contributed by atoms with Crippen LogP contribution in [0.3, 0.4) is 0 Å². The first kappa shape index (κ1) is 18.9. The number of hydrogen-bond acceptors (Lipinski definition) is 6. The molecular weight excluding hydrogens is 308 g/mol. The summed E-state index contributed by atoms with van der Waals surface area (Å²) in [6.45, 7) is 11.6. The number of aromatic nitrogens is 1. The Balaban J connectivity index is 1.83. The van der Waals surface area contributed by atoms with E-state index in [1.807, 2.05) is 20.8 Å². The lowest BCUT2D eigenvalue weighted by Crippen LogP contribution is -2.55. The fraction of sp³-hybridized carbons (Fsp3) is 0.765. The van der Waals surface area contributed by atoms with Crippen molar-refractivity contribution >= 4 is 11.8 Å². The van der Waals surface area contributed by atoms with E-state index in [-0.39, 0.29) is 17.9 Å². The Kier molecular flexibility index (Phi) is 6.77. The summed E-state index contributed by atoms with van der Waals surface area (Å²) in [5.74, 6) is 0.593. The number of aliphatic hydroxyl groups is 1. The van der Waals surface area contributed by atoms with Crippen LogP contribution in [0.1, 0.15) is 45.7 Å². The second-order valence-corrected chi connectivity index (χ2v) is 6.96. The standard InChI is InChI=1S/C17H30N4O3/c1-5-14-10-20(6-7-21(14)9-13(4)22)11-16(23)18-17-8-15(12(2)3)19-24-17/h8,12-14,22H,5-7,9-11H2,1-4H3,(H,18,23)/t13-,14-/m1/s1. The summed E-state index contributed by atoms with van der Waals surface area (Å²) in [7, 11) is 0. The first-order valence-corrected chi connectivity index (χ1v) is 8.80. The van der Waals surface area contributed by atoms with Crippen molar-refractivity contribution in [3.63, 3.8) is 0 Å². The molecule has 1 aliphatic rings. The van der Waals surface area contributed by atoms with Crippen molar-refractivity contribution in [2.75, 3.05) is 38.0 Å². The number of carbonyl (C=O) groups is 1. The van der Waals surface area contributed by atoms with Gasteiger partial charge in [-0.05, 0) is 19.3 Å². The monoisotopic (exact) mass is 338 g/mol. The van der Waals surface area contributed by atoms with E-state index in [2.05, 4.69) is 27.2 Å². The van der Waals surface area contributed by atoms with E-state index >= 15 is 0 Å². The number of nitrogens with one attached hydrogen (secondary N) is 1. The van der Waals surface area contributed by atoms with Crippen molar-refractivity contribution < 1.29 is 14.4 Å². The zero-order valence-corrected chi connectivity index (χ0v) is 15.2. The molecule has 7 heteroatoms. The molecule has 2 heterocycles. The smallest absolute Gasteiger partial charge is 0.240 e. The number of carbonyl (C=O) groups excluding carboxylic acids is 1. The van der Waals surface area contributed by atoms with Crippen LogP contribution in [0.25, 0.3) is 0 Å². The molecule has 0 aliphatic carbocycles. The fourth-order valence-corrected chi connectivity index (χ4v) is 3.07. The minimum Gasteiger partial charge on any atom is -0.392 e. The summed E-state index contributed by atoms with van der Waals surface area (Å²) in [5.41, 5.74) is 0.836. The van der Waals surface area contributed by atoms with E-state index in [0.29, 0.717) is 25.0 Å². The van der Waals surface area contributed by atoms with Gasteiger partial charge >= 0.3 is 0 Å². The lowest BCUT2D eigenvalue weighted by atomic mass is 10.1. The number of nitrogens with zero attached hydrogens (tertiary/aromatic N) is 3. The maximum absolute atomic E-state index is 12.2. The average Bonchev–Trinajstić information content (AvgIpc) is 2.96. The molecule has 1 aromatic rings. The van der Waals surface area contributed by atoms with Gasteiger partial charge in [-0.25, -0.2) is 0 Å². The number of aliphatic hydroxyl groups excluding tert-OH is 1. The summed E-state index contributed by atoms with van der Waals surface area (Å²) in [4.78, 5) is 16.7. The van der Waals surface area contributed by atoms with Gasteiger partial charge in [-0.15, -0.1) is 0 Å². The Morgan fingerprint density at radius 3 is 2.79 bits per heavy atom. The zero-order valence-electron chi connectivity index (χ0n) is 15.2. The molecular formula is C17H30N4O3. The van der Waals surface area contributed by atoms with Crippen LogP contribution in [-0.2, 0) is 4.79 Å². The van der Waals surface area contributed by atoms with Gasteiger partial charge in [-0.1, -0.05) is 25.9 Å². The minimum atomic E-state index is -0.324. The third kappa shape index (κ3) is 5.29. The second kappa shape index (κ2) is 8.60. The molecule has 7 nitrogen and oxygen atoms in total. The number of amides is 1. The van der Waals surface area contributed by atoms with Crippen molar-refractivity contribution in [2.45, 2.75) is 52.2 Å². The lowest BCUT2D eigenvalue weighted by molar-refractivity contribution is -0.118. The third-order valence-corrected chi connectivity index (χ3v) is 4.41. The summed E-state index contributed by atoms with van der Waals surface area (Å²) >= 11 is 0. The van der Waals surface area contributed by atoms with Gasteiger partial charge in [0.15, 0.2) is 0 Å². The molecule has 0 aromatic carbocycles. The van der Waals surface area contributed by atoms with Crippen LogP contribution in [0.4, 0.5) is 5.88 Å². The van der Waals surface area contributed by atoms with Crippen LogP contribution in [0.15, 0.2) is 10.6 Å². The Hall–Kier alpha value is -1.44. The molecule has 0 saturated carbocycles. The lowest BCUT2D eigenvalue weighted by Gasteiger charge is -2.41. The zero-order chi connectivity index (χ0) is 17.7. The Morgan fingerprint density at radius 1 is 1.46 bits per heavy atom. The van der Waals surface area contributed by atoms with Crippen LogP contribution in [0, 0.1) is 0 Å². The fourth-order valence-electron chi connectivity index (χ4n) is 3.07. The van der Waals surface area contributed by atoms with Crippen LogP contribution in [0.5, 0.6) is 0 Å². The topological polar surface area (TPSA) is 81.8 Å². The van der Waals surface area contributed by atoms with Gasteiger partial charge in [0.2, 0.25) is 11.8 Å². The van der Waals surface area contributed by atoms with Crippen LogP contribution < -0.4 is 5.32 Å². The van der Waals surface area contributed by atoms with Crippen LogP contribution >= 0.6 is 0 Å². The highest BCUT2D eigenvalue weighted by Gasteiger charge is 2.27. The molecule has 136 valence electrons. The van der Waals surface area contributed by atoms with Gasteiger partial charge in [0.25, 0.3) is 0 Å². The molecule has 1 saturated heterocycles. The summed E-state index contributed by atoms with van der Waals surface area (Å²) in [6, 6.07) is 2.15. The number of rotatable bonds is 7. The molecule has 2 rings (SSSR count). The van der Waals surface area contributed by atoms with Crippen molar-refractivity contribution in [2.24, 2.45) is 0 Å². The predicted octanol–water partition coefficient (Wildman–Crippen LogP) is 1.51. The summed E-state index contributed by atoms with van der Waals surface area (Å²) in [5, 5.41) is 16.3. The minimum absolute atomic E-state index is 0.0831. The van der Waals surface area contributed by atoms with Gasteiger partial charge in [-0.2, -0.15) is 0 Å². The molecule has 1 aromatic heterocycles. The van der Waals surface area contributed by atoms with Gasteiger partial charge in [0.05, 0.1) is 18.3 Å². The van der Waals surface area contributed by atoms with Crippen LogP contribution in [0.2, 0.25) is 0 Å². The van der Waals surface area contributed by atoms with Gasteiger partial charge < -0.3 is 9.63 Å².